The van der Waals surface area contributed by atoms with Crippen LogP contribution in [0, 0.1) is 0 Å². The number of hydrogen-bond acceptors (Lipinski definition) is 3. The molecule has 3 heteroatoms. The first-order valence-corrected chi connectivity index (χ1v) is 8.15. The standard InChI is InChI=1S/C21H20N2O/c1-24-17-13-11-16(12-14-17)21-22-19-10-6-5-9-18(19)20(23-21)15-7-3-2-4-8-15/h2-14,20-23H,1H3/t20-,21+/m0/s1. The lowest BCUT2D eigenvalue weighted by Crippen LogP contribution is -2.37. The molecule has 24 heavy (non-hydrogen) atoms. The summed E-state index contributed by atoms with van der Waals surface area (Å²) in [5.74, 6) is 0.870. The fourth-order valence-electron chi connectivity index (χ4n) is 3.23. The van der Waals surface area contributed by atoms with Crippen molar-refractivity contribution >= 4 is 5.69 Å². The molecule has 0 bridgehead atoms. The number of rotatable bonds is 3. The summed E-state index contributed by atoms with van der Waals surface area (Å²) >= 11 is 0. The molecule has 0 aliphatic carbocycles. The van der Waals surface area contributed by atoms with Gasteiger partial charge in [-0.15, -0.1) is 0 Å². The molecule has 0 spiro atoms. The van der Waals surface area contributed by atoms with Crippen molar-refractivity contribution in [1.82, 2.24) is 5.32 Å². The first kappa shape index (κ1) is 14.8. The molecule has 1 aliphatic rings. The number of ether oxygens (including phenoxy) is 1. The Morgan fingerprint density at radius 3 is 2.21 bits per heavy atom. The molecule has 0 saturated heterocycles. The molecule has 0 fully saturated rings. The van der Waals surface area contributed by atoms with E-state index in [9.17, 15) is 0 Å². The van der Waals surface area contributed by atoms with Crippen LogP contribution < -0.4 is 15.4 Å². The van der Waals surface area contributed by atoms with Crippen molar-refractivity contribution in [2.24, 2.45) is 0 Å². The van der Waals surface area contributed by atoms with E-state index in [4.69, 9.17) is 4.74 Å². The Morgan fingerprint density at radius 2 is 1.46 bits per heavy atom. The van der Waals surface area contributed by atoms with Gasteiger partial charge in [-0.2, -0.15) is 0 Å². The van der Waals surface area contributed by atoms with Crippen molar-refractivity contribution in [2.45, 2.75) is 12.2 Å². The third-order valence-corrected chi connectivity index (χ3v) is 4.49. The summed E-state index contributed by atoms with van der Waals surface area (Å²) in [5.41, 5.74) is 4.90. The molecule has 0 unspecified atom stereocenters. The van der Waals surface area contributed by atoms with Gasteiger partial charge in [-0.05, 0) is 34.9 Å². The Kier molecular flexibility index (Phi) is 3.93. The van der Waals surface area contributed by atoms with Crippen molar-refractivity contribution in [3.8, 4) is 5.75 Å². The molecular weight excluding hydrogens is 296 g/mol. The van der Waals surface area contributed by atoms with Crippen LogP contribution in [0.25, 0.3) is 0 Å². The minimum Gasteiger partial charge on any atom is -0.497 e. The summed E-state index contributed by atoms with van der Waals surface area (Å²) in [6.45, 7) is 0. The maximum atomic E-state index is 5.26. The van der Waals surface area contributed by atoms with Gasteiger partial charge in [0, 0.05) is 5.69 Å². The fraction of sp³-hybridized carbons (Fsp3) is 0.143. The zero-order valence-electron chi connectivity index (χ0n) is 13.6. The SMILES string of the molecule is COc1ccc([C@@H]2Nc3ccccc3[C@H](c3ccccc3)N2)cc1. The second-order valence-corrected chi connectivity index (χ2v) is 5.95. The van der Waals surface area contributed by atoms with Crippen LogP contribution in [-0.4, -0.2) is 7.11 Å². The lowest BCUT2D eigenvalue weighted by Gasteiger charge is -2.35. The first-order valence-electron chi connectivity index (χ1n) is 8.15. The van der Waals surface area contributed by atoms with E-state index < -0.39 is 0 Å². The summed E-state index contributed by atoms with van der Waals surface area (Å²) in [5, 5.41) is 7.33. The molecule has 120 valence electrons. The van der Waals surface area contributed by atoms with Gasteiger partial charge in [0.2, 0.25) is 0 Å². The van der Waals surface area contributed by atoms with Crippen molar-refractivity contribution < 1.29 is 4.74 Å². The summed E-state index contributed by atoms with van der Waals surface area (Å²) in [4.78, 5) is 0. The Labute approximate surface area is 142 Å². The van der Waals surface area contributed by atoms with E-state index >= 15 is 0 Å². The number of fused-ring (bicyclic) bond motifs is 1. The number of nitrogens with one attached hydrogen (secondary N) is 2. The molecule has 2 atom stereocenters. The van der Waals surface area contributed by atoms with Crippen LogP contribution in [0.15, 0.2) is 78.9 Å². The summed E-state index contributed by atoms with van der Waals surface area (Å²) in [7, 11) is 1.69. The Hall–Kier alpha value is -2.78. The first-order chi connectivity index (χ1) is 11.8. The molecule has 1 heterocycles. The van der Waals surface area contributed by atoms with Crippen molar-refractivity contribution in [2.75, 3.05) is 12.4 Å². The zero-order valence-corrected chi connectivity index (χ0v) is 13.6. The van der Waals surface area contributed by atoms with Crippen LogP contribution in [0.5, 0.6) is 5.75 Å². The van der Waals surface area contributed by atoms with Crippen LogP contribution in [0.1, 0.15) is 28.9 Å². The molecule has 3 nitrogen and oxygen atoms in total. The van der Waals surface area contributed by atoms with Crippen molar-refractivity contribution in [1.29, 1.82) is 0 Å². The van der Waals surface area contributed by atoms with Crippen LogP contribution in [-0.2, 0) is 0 Å². The summed E-state index contributed by atoms with van der Waals surface area (Å²) in [6, 6.07) is 27.4. The number of methoxy groups -OCH3 is 1. The Balaban J connectivity index is 1.72. The number of hydrogen-bond donors (Lipinski definition) is 2. The summed E-state index contributed by atoms with van der Waals surface area (Å²) in [6.07, 6.45) is 0.0519. The van der Waals surface area contributed by atoms with Gasteiger partial charge in [-0.3, -0.25) is 5.32 Å². The monoisotopic (exact) mass is 316 g/mol. The van der Waals surface area contributed by atoms with E-state index in [0.29, 0.717) is 0 Å². The van der Waals surface area contributed by atoms with Crippen molar-refractivity contribution in [3.63, 3.8) is 0 Å². The van der Waals surface area contributed by atoms with E-state index in [1.165, 1.54) is 22.4 Å². The molecule has 3 aromatic rings. The van der Waals surface area contributed by atoms with Gasteiger partial charge in [0.15, 0.2) is 0 Å². The van der Waals surface area contributed by atoms with Crippen LogP contribution in [0.3, 0.4) is 0 Å². The molecule has 0 saturated carbocycles. The average molecular weight is 316 g/mol. The molecule has 1 aliphatic heterocycles. The van der Waals surface area contributed by atoms with Crippen LogP contribution >= 0.6 is 0 Å². The Bertz CT molecular complexity index is 815. The highest BCUT2D eigenvalue weighted by atomic mass is 16.5. The van der Waals surface area contributed by atoms with E-state index in [-0.39, 0.29) is 12.2 Å². The minimum atomic E-state index is 0.0519. The molecule has 0 radical (unpaired) electrons. The highest BCUT2D eigenvalue weighted by Gasteiger charge is 2.27. The van der Waals surface area contributed by atoms with Gasteiger partial charge in [0.05, 0.1) is 13.2 Å². The largest absolute Gasteiger partial charge is 0.497 e. The quantitative estimate of drug-likeness (QED) is 0.746. The molecule has 2 N–H and O–H groups in total. The van der Waals surface area contributed by atoms with Crippen molar-refractivity contribution in [3.05, 3.63) is 95.6 Å². The molecule has 3 aromatic carbocycles. The summed E-state index contributed by atoms with van der Waals surface area (Å²) < 4.78 is 5.26. The lowest BCUT2D eigenvalue weighted by molar-refractivity contribution is 0.414. The second-order valence-electron chi connectivity index (χ2n) is 5.95. The van der Waals surface area contributed by atoms with E-state index in [1.54, 1.807) is 7.11 Å². The third kappa shape index (κ3) is 2.74. The number of anilines is 1. The van der Waals surface area contributed by atoms with Gasteiger partial charge >= 0.3 is 0 Å². The molecule has 0 amide bonds. The maximum absolute atomic E-state index is 5.26. The van der Waals surface area contributed by atoms with Gasteiger partial charge < -0.3 is 10.1 Å². The molecule has 0 aromatic heterocycles. The highest BCUT2D eigenvalue weighted by molar-refractivity contribution is 5.58. The smallest absolute Gasteiger partial charge is 0.118 e. The van der Waals surface area contributed by atoms with Gasteiger partial charge in [0.1, 0.15) is 11.9 Å². The molecular formula is C21H20N2O. The predicted molar refractivity (Wildman–Crippen MR) is 97.2 cm³/mol. The van der Waals surface area contributed by atoms with Crippen LogP contribution in [0.2, 0.25) is 0 Å². The van der Waals surface area contributed by atoms with Gasteiger partial charge in [-0.1, -0.05) is 60.7 Å². The second kappa shape index (κ2) is 6.38. The Morgan fingerprint density at radius 1 is 0.750 bits per heavy atom. The maximum Gasteiger partial charge on any atom is 0.118 e. The fourth-order valence-corrected chi connectivity index (χ4v) is 3.23. The third-order valence-electron chi connectivity index (χ3n) is 4.49. The highest BCUT2D eigenvalue weighted by Crippen LogP contribution is 2.36. The van der Waals surface area contributed by atoms with Gasteiger partial charge in [-0.25, -0.2) is 0 Å². The topological polar surface area (TPSA) is 33.3 Å². The van der Waals surface area contributed by atoms with E-state index in [1.807, 2.05) is 12.1 Å². The number of para-hydroxylation sites is 1. The van der Waals surface area contributed by atoms with Crippen LogP contribution in [0.4, 0.5) is 5.69 Å². The average Bonchev–Trinajstić information content (AvgIpc) is 2.68. The predicted octanol–water partition coefficient (Wildman–Crippen LogP) is 4.50. The lowest BCUT2D eigenvalue weighted by atomic mass is 9.93. The van der Waals surface area contributed by atoms with Gasteiger partial charge in [0.25, 0.3) is 0 Å². The van der Waals surface area contributed by atoms with E-state index in [0.717, 1.165) is 5.75 Å². The molecule has 4 rings (SSSR count). The number of benzene rings is 3. The minimum absolute atomic E-state index is 0.0519. The van der Waals surface area contributed by atoms with E-state index in [2.05, 4.69) is 77.4 Å². The normalized spacial score (nSPS) is 19.2. The zero-order chi connectivity index (χ0) is 16.4.